The van der Waals surface area contributed by atoms with E-state index in [-0.39, 0.29) is 35.5 Å². The van der Waals surface area contributed by atoms with Crippen molar-refractivity contribution in [1.82, 2.24) is 20.4 Å². The van der Waals surface area contributed by atoms with Crippen LogP contribution in [-0.2, 0) is 4.74 Å². The lowest BCUT2D eigenvalue weighted by Crippen LogP contribution is -2.28. The van der Waals surface area contributed by atoms with E-state index < -0.39 is 35.7 Å². The third kappa shape index (κ3) is 6.35. The Morgan fingerprint density at radius 1 is 1.00 bits per heavy atom. The third-order valence-corrected chi connectivity index (χ3v) is 5.59. The van der Waals surface area contributed by atoms with Crippen LogP contribution >= 0.6 is 0 Å². The lowest BCUT2D eigenvalue weighted by atomic mass is 9.90. The van der Waals surface area contributed by atoms with Crippen LogP contribution in [0.4, 0.5) is 13.6 Å². The second-order valence-electron chi connectivity index (χ2n) is 8.20. The molecule has 1 amide bonds. The van der Waals surface area contributed by atoms with Crippen molar-refractivity contribution in [2.24, 2.45) is 0 Å². The average Bonchev–Trinajstić information content (AvgIpc) is 3.41. The van der Waals surface area contributed by atoms with Gasteiger partial charge in [0.05, 0.1) is 19.6 Å². The maximum atomic E-state index is 13.6. The van der Waals surface area contributed by atoms with Crippen molar-refractivity contribution in [2.75, 3.05) is 13.7 Å². The number of ether oxygens (including phenoxy) is 3. The van der Waals surface area contributed by atoms with E-state index in [0.717, 1.165) is 0 Å². The summed E-state index contributed by atoms with van der Waals surface area (Å²) < 4.78 is 47.7. The highest BCUT2D eigenvalue weighted by Gasteiger charge is 2.27. The summed E-state index contributed by atoms with van der Waals surface area (Å²) in [7, 11) is 1.34. The van der Waals surface area contributed by atoms with Gasteiger partial charge in [-0.1, -0.05) is 29.4 Å². The molecule has 0 saturated heterocycles. The van der Waals surface area contributed by atoms with Gasteiger partial charge in [0.15, 0.2) is 17.3 Å². The zero-order valence-electron chi connectivity index (χ0n) is 21.2. The molecular formula is C27H24F2N4O6. The second-order valence-corrected chi connectivity index (χ2v) is 8.20. The highest BCUT2D eigenvalue weighted by atomic mass is 19.1. The molecule has 2 aromatic carbocycles. The molecular weight excluding hydrogens is 514 g/mol. The first-order valence-electron chi connectivity index (χ1n) is 11.8. The van der Waals surface area contributed by atoms with Crippen molar-refractivity contribution in [3.05, 3.63) is 101 Å². The maximum absolute atomic E-state index is 13.6. The molecule has 202 valence electrons. The van der Waals surface area contributed by atoms with Crippen molar-refractivity contribution in [3.8, 4) is 11.5 Å². The number of benzene rings is 2. The highest BCUT2D eigenvalue weighted by Crippen LogP contribution is 2.32. The summed E-state index contributed by atoms with van der Waals surface area (Å²) in [5.41, 5.74) is 1.06. The largest absolute Gasteiger partial charge is 0.514 e. The summed E-state index contributed by atoms with van der Waals surface area (Å²) in [6.45, 7) is 3.27. The third-order valence-electron chi connectivity index (χ3n) is 5.59. The first-order valence-corrected chi connectivity index (χ1v) is 11.8. The minimum atomic E-state index is -1.03. The molecule has 1 atom stereocenters. The van der Waals surface area contributed by atoms with Crippen molar-refractivity contribution < 1.29 is 37.1 Å². The number of hydrogen-bond donors (Lipinski definition) is 1. The van der Waals surface area contributed by atoms with Gasteiger partial charge in [0.1, 0.15) is 17.7 Å². The number of methoxy groups -OCH3 is 1. The Balaban J connectivity index is 1.59. The predicted molar refractivity (Wildman–Crippen MR) is 132 cm³/mol. The standard InChI is InChI=1S/C27H24F2N4O6/c1-4-37-27(35)38-23-20(36-3)13-14-30-22(23)25(34)31-15(2)26-32-24(33-39-26)21(16-5-9-18(28)10-6-16)17-7-11-19(29)12-8-17/h5-15,21H,4H2,1-3H3,(H,31,34)/t15-/m0/s1. The molecule has 0 spiro atoms. The van der Waals surface area contributed by atoms with Crippen molar-refractivity contribution in [1.29, 1.82) is 0 Å². The van der Waals surface area contributed by atoms with Gasteiger partial charge in [-0.3, -0.25) is 4.79 Å². The quantitative estimate of drug-likeness (QED) is 0.294. The van der Waals surface area contributed by atoms with Crippen LogP contribution in [0.25, 0.3) is 0 Å². The molecule has 2 heterocycles. The highest BCUT2D eigenvalue weighted by molar-refractivity contribution is 5.96. The van der Waals surface area contributed by atoms with Gasteiger partial charge < -0.3 is 24.1 Å². The van der Waals surface area contributed by atoms with Crippen LogP contribution in [0.15, 0.2) is 65.3 Å². The summed E-state index contributed by atoms with van der Waals surface area (Å²) in [5.74, 6) is -2.00. The molecule has 0 aliphatic rings. The fourth-order valence-electron chi connectivity index (χ4n) is 3.75. The molecule has 2 aromatic heterocycles. The van der Waals surface area contributed by atoms with Gasteiger partial charge in [0.25, 0.3) is 5.91 Å². The molecule has 4 aromatic rings. The van der Waals surface area contributed by atoms with Gasteiger partial charge in [-0.25, -0.2) is 18.6 Å². The molecule has 0 saturated carbocycles. The van der Waals surface area contributed by atoms with Crippen LogP contribution in [0.5, 0.6) is 11.5 Å². The minimum absolute atomic E-state index is 0.0586. The monoisotopic (exact) mass is 538 g/mol. The Hall–Kier alpha value is -4.87. The molecule has 0 aliphatic carbocycles. The fraction of sp³-hybridized carbons (Fsp3) is 0.222. The summed E-state index contributed by atoms with van der Waals surface area (Å²) in [6, 6.07) is 12.1. The first-order chi connectivity index (χ1) is 18.8. The van der Waals surface area contributed by atoms with Gasteiger partial charge in [0, 0.05) is 12.3 Å². The van der Waals surface area contributed by atoms with E-state index in [4.69, 9.17) is 18.7 Å². The molecule has 10 nitrogen and oxygen atoms in total. The Morgan fingerprint density at radius 2 is 1.62 bits per heavy atom. The van der Waals surface area contributed by atoms with Crippen LogP contribution < -0.4 is 14.8 Å². The smallest absolute Gasteiger partial charge is 0.493 e. The van der Waals surface area contributed by atoms with Crippen LogP contribution in [0.2, 0.25) is 0 Å². The number of pyridine rings is 1. The van der Waals surface area contributed by atoms with Crippen LogP contribution in [-0.4, -0.2) is 40.9 Å². The molecule has 39 heavy (non-hydrogen) atoms. The SMILES string of the molecule is CCOC(=O)Oc1c(OC)ccnc1C(=O)N[C@@H](C)c1nc(C(c2ccc(F)cc2)c2ccc(F)cc2)no1. The van der Waals surface area contributed by atoms with Gasteiger partial charge in [0.2, 0.25) is 11.6 Å². The van der Waals surface area contributed by atoms with E-state index in [1.165, 1.54) is 43.6 Å². The van der Waals surface area contributed by atoms with Crippen LogP contribution in [0.3, 0.4) is 0 Å². The van der Waals surface area contributed by atoms with E-state index in [0.29, 0.717) is 11.1 Å². The molecule has 1 N–H and O–H groups in total. The van der Waals surface area contributed by atoms with Crippen molar-refractivity contribution >= 4 is 12.1 Å². The Bertz CT molecular complexity index is 1400. The predicted octanol–water partition coefficient (Wildman–Crippen LogP) is 4.96. The first kappa shape index (κ1) is 27.2. The molecule has 12 heteroatoms. The number of nitrogens with zero attached hydrogens (tertiary/aromatic N) is 3. The zero-order valence-corrected chi connectivity index (χ0v) is 21.2. The van der Waals surface area contributed by atoms with E-state index in [2.05, 4.69) is 20.4 Å². The molecule has 4 rings (SSSR count). The summed E-state index contributed by atoms with van der Waals surface area (Å²) in [6.07, 6.45) is 0.289. The van der Waals surface area contributed by atoms with Crippen molar-refractivity contribution in [2.45, 2.75) is 25.8 Å². The summed E-state index contributed by atoms with van der Waals surface area (Å²) >= 11 is 0. The number of carbonyl (C=O) groups excluding carboxylic acids is 2. The van der Waals surface area contributed by atoms with Crippen LogP contribution in [0, 0.1) is 11.6 Å². The number of nitrogens with one attached hydrogen (secondary N) is 1. The Labute approximate surface area is 221 Å². The van der Waals surface area contributed by atoms with Gasteiger partial charge in [-0.15, -0.1) is 0 Å². The minimum Gasteiger partial charge on any atom is -0.493 e. The van der Waals surface area contributed by atoms with E-state index >= 15 is 0 Å². The van der Waals surface area contributed by atoms with Gasteiger partial charge in [-0.05, 0) is 49.2 Å². The average molecular weight is 539 g/mol. The van der Waals surface area contributed by atoms with Gasteiger partial charge >= 0.3 is 6.16 Å². The fourth-order valence-corrected chi connectivity index (χ4v) is 3.75. The number of rotatable bonds is 9. The maximum Gasteiger partial charge on any atom is 0.514 e. The molecule has 0 unspecified atom stereocenters. The summed E-state index contributed by atoms with van der Waals surface area (Å²) in [5, 5.41) is 6.75. The van der Waals surface area contributed by atoms with Crippen LogP contribution in [0.1, 0.15) is 59.1 Å². The Morgan fingerprint density at radius 3 is 2.18 bits per heavy atom. The number of amides is 1. The van der Waals surface area contributed by atoms with Crippen molar-refractivity contribution in [3.63, 3.8) is 0 Å². The molecule has 0 fully saturated rings. The lowest BCUT2D eigenvalue weighted by molar-refractivity contribution is 0.0910. The number of carbonyl (C=O) groups is 2. The molecule has 0 aliphatic heterocycles. The number of aromatic nitrogens is 3. The molecule has 0 radical (unpaired) electrons. The lowest BCUT2D eigenvalue weighted by Gasteiger charge is -2.15. The second kappa shape index (κ2) is 12.1. The Kier molecular flexibility index (Phi) is 8.44. The summed E-state index contributed by atoms with van der Waals surface area (Å²) in [4.78, 5) is 33.5. The topological polar surface area (TPSA) is 126 Å². The number of halogens is 2. The van der Waals surface area contributed by atoms with E-state index in [1.54, 1.807) is 38.1 Å². The van der Waals surface area contributed by atoms with E-state index in [9.17, 15) is 18.4 Å². The normalized spacial score (nSPS) is 11.6. The molecule has 0 bridgehead atoms. The van der Waals surface area contributed by atoms with Gasteiger partial charge in [-0.2, -0.15) is 4.98 Å². The van der Waals surface area contributed by atoms with E-state index in [1.807, 2.05) is 0 Å². The zero-order chi connectivity index (χ0) is 27.9. The number of hydrogen-bond acceptors (Lipinski definition) is 9.